The number of aliphatic hydroxyl groups is 1. The number of epoxide rings is 1. The van der Waals surface area contributed by atoms with Gasteiger partial charge in [0.05, 0.1) is 5.60 Å². The minimum atomic E-state index is -0.491. The lowest BCUT2D eigenvalue weighted by Crippen LogP contribution is -2.20. The van der Waals surface area contributed by atoms with E-state index < -0.39 is 6.10 Å². The summed E-state index contributed by atoms with van der Waals surface area (Å²) in [7, 11) is 0. The molecule has 1 fully saturated rings. The van der Waals surface area contributed by atoms with Gasteiger partial charge < -0.3 is 9.84 Å². The van der Waals surface area contributed by atoms with Crippen LogP contribution in [0.2, 0.25) is 0 Å². The normalized spacial score (nSPS) is 31.4. The fourth-order valence-electron chi connectivity index (χ4n) is 0.996. The fourth-order valence-corrected chi connectivity index (χ4v) is 0.996. The third-order valence-electron chi connectivity index (χ3n) is 1.85. The van der Waals surface area contributed by atoms with Crippen molar-refractivity contribution >= 4 is 0 Å². The largest absolute Gasteiger partial charge is 0.386 e. The molecule has 0 aromatic heterocycles. The Hall–Kier alpha value is -0.340. The summed E-state index contributed by atoms with van der Waals surface area (Å²) in [5.41, 5.74) is 0.633. The fraction of sp³-hybridized carbons (Fsp3) is 0.750. The Balaban J connectivity index is 2.47. The van der Waals surface area contributed by atoms with Crippen LogP contribution in [0, 0.1) is 0 Å². The van der Waals surface area contributed by atoms with Crippen LogP contribution in [0.25, 0.3) is 0 Å². The van der Waals surface area contributed by atoms with Crippen LogP contribution >= 0.6 is 0 Å². The zero-order valence-electron chi connectivity index (χ0n) is 6.72. The Kier molecular flexibility index (Phi) is 1.61. The number of hydrogen-bond donors (Lipinski definition) is 1. The van der Waals surface area contributed by atoms with Crippen LogP contribution in [-0.4, -0.2) is 22.9 Å². The van der Waals surface area contributed by atoms with Crippen molar-refractivity contribution in [2.24, 2.45) is 0 Å². The van der Waals surface area contributed by atoms with Gasteiger partial charge in [0.1, 0.15) is 12.2 Å². The maximum atomic E-state index is 9.38. The van der Waals surface area contributed by atoms with Gasteiger partial charge in [-0.05, 0) is 26.3 Å². The zero-order chi connectivity index (χ0) is 7.94. The van der Waals surface area contributed by atoms with Crippen LogP contribution in [0.1, 0.15) is 20.8 Å². The van der Waals surface area contributed by atoms with Crippen molar-refractivity contribution in [3.8, 4) is 0 Å². The summed E-state index contributed by atoms with van der Waals surface area (Å²) in [6, 6.07) is 0. The molecule has 0 amide bonds. The second-order valence-corrected chi connectivity index (χ2v) is 3.43. The van der Waals surface area contributed by atoms with E-state index in [4.69, 9.17) is 4.74 Å². The quantitative estimate of drug-likeness (QED) is 0.462. The van der Waals surface area contributed by atoms with Crippen LogP contribution in [-0.2, 0) is 4.74 Å². The lowest BCUT2D eigenvalue weighted by Gasteiger charge is -2.06. The van der Waals surface area contributed by atoms with Crippen molar-refractivity contribution in [1.29, 1.82) is 0 Å². The van der Waals surface area contributed by atoms with Gasteiger partial charge in [-0.2, -0.15) is 0 Å². The van der Waals surface area contributed by atoms with Crippen LogP contribution in [0.4, 0.5) is 0 Å². The predicted molar refractivity (Wildman–Crippen MR) is 39.8 cm³/mol. The third kappa shape index (κ3) is 1.22. The molecule has 1 aliphatic heterocycles. The molecule has 0 saturated carbocycles. The molecule has 0 aromatic rings. The molecule has 0 bridgehead atoms. The SMILES string of the molecule is C=C(C)C(O)C1OC1(C)C. The second-order valence-electron chi connectivity index (χ2n) is 3.43. The van der Waals surface area contributed by atoms with E-state index in [2.05, 4.69) is 6.58 Å². The van der Waals surface area contributed by atoms with Crippen molar-refractivity contribution in [2.45, 2.75) is 38.6 Å². The lowest BCUT2D eigenvalue weighted by molar-refractivity contribution is 0.167. The highest BCUT2D eigenvalue weighted by atomic mass is 16.6. The van der Waals surface area contributed by atoms with Crippen molar-refractivity contribution in [3.63, 3.8) is 0 Å². The van der Waals surface area contributed by atoms with Gasteiger partial charge in [0.25, 0.3) is 0 Å². The van der Waals surface area contributed by atoms with Gasteiger partial charge in [-0.3, -0.25) is 0 Å². The number of ether oxygens (including phenoxy) is 1. The van der Waals surface area contributed by atoms with E-state index in [-0.39, 0.29) is 11.7 Å². The smallest absolute Gasteiger partial charge is 0.116 e. The Morgan fingerprint density at radius 1 is 1.70 bits per heavy atom. The van der Waals surface area contributed by atoms with E-state index in [0.29, 0.717) is 0 Å². The highest BCUT2D eigenvalue weighted by Gasteiger charge is 2.52. The van der Waals surface area contributed by atoms with Crippen molar-refractivity contribution in [1.82, 2.24) is 0 Å². The van der Waals surface area contributed by atoms with Gasteiger partial charge in [0.15, 0.2) is 0 Å². The molecule has 1 N–H and O–H groups in total. The lowest BCUT2D eigenvalue weighted by atomic mass is 10.0. The number of rotatable bonds is 2. The van der Waals surface area contributed by atoms with Gasteiger partial charge in [-0.1, -0.05) is 6.58 Å². The molecular formula is C8H14O2. The molecule has 58 valence electrons. The van der Waals surface area contributed by atoms with E-state index >= 15 is 0 Å². The molecule has 2 heteroatoms. The summed E-state index contributed by atoms with van der Waals surface area (Å²) >= 11 is 0. The molecule has 1 saturated heterocycles. The van der Waals surface area contributed by atoms with E-state index in [1.807, 2.05) is 20.8 Å². The molecular weight excluding hydrogens is 128 g/mol. The third-order valence-corrected chi connectivity index (χ3v) is 1.85. The summed E-state index contributed by atoms with van der Waals surface area (Å²) in [6.45, 7) is 9.38. The molecule has 0 aliphatic carbocycles. The van der Waals surface area contributed by atoms with E-state index in [0.717, 1.165) is 5.57 Å². The molecule has 1 aliphatic rings. The number of aliphatic hydroxyl groups excluding tert-OH is 1. The second kappa shape index (κ2) is 2.07. The molecule has 0 aromatic carbocycles. The Morgan fingerprint density at radius 2 is 2.10 bits per heavy atom. The van der Waals surface area contributed by atoms with Crippen LogP contribution in [0.15, 0.2) is 12.2 Å². The van der Waals surface area contributed by atoms with Gasteiger partial charge in [-0.15, -0.1) is 0 Å². The molecule has 10 heavy (non-hydrogen) atoms. The standard InChI is InChI=1S/C8H14O2/c1-5(2)6(9)7-8(3,4)10-7/h6-7,9H,1H2,2-4H3. The average molecular weight is 142 g/mol. The first-order valence-electron chi connectivity index (χ1n) is 3.46. The van der Waals surface area contributed by atoms with Gasteiger partial charge in [0.2, 0.25) is 0 Å². The van der Waals surface area contributed by atoms with Gasteiger partial charge >= 0.3 is 0 Å². The Labute approximate surface area is 61.5 Å². The summed E-state index contributed by atoms with van der Waals surface area (Å²) in [5, 5.41) is 9.38. The minimum Gasteiger partial charge on any atom is -0.386 e. The monoisotopic (exact) mass is 142 g/mol. The maximum Gasteiger partial charge on any atom is 0.116 e. The van der Waals surface area contributed by atoms with Crippen LogP contribution in [0.3, 0.4) is 0 Å². The van der Waals surface area contributed by atoms with Gasteiger partial charge in [-0.25, -0.2) is 0 Å². The summed E-state index contributed by atoms with van der Waals surface area (Å²) in [6.07, 6.45) is -0.528. The first-order valence-corrected chi connectivity index (χ1v) is 3.46. The molecule has 2 atom stereocenters. The van der Waals surface area contributed by atoms with Crippen molar-refractivity contribution < 1.29 is 9.84 Å². The minimum absolute atomic E-state index is 0.0370. The molecule has 2 nitrogen and oxygen atoms in total. The Morgan fingerprint density at radius 3 is 2.20 bits per heavy atom. The summed E-state index contributed by atoms with van der Waals surface area (Å²) in [5.74, 6) is 0. The molecule has 1 heterocycles. The predicted octanol–water partition coefficient (Wildman–Crippen LogP) is 1.10. The Bertz CT molecular complexity index is 161. The first-order chi connectivity index (χ1) is 4.45. The summed E-state index contributed by atoms with van der Waals surface area (Å²) in [4.78, 5) is 0. The molecule has 1 rings (SSSR count). The first kappa shape index (κ1) is 7.76. The van der Waals surface area contributed by atoms with E-state index in [1.165, 1.54) is 0 Å². The maximum absolute atomic E-state index is 9.38. The zero-order valence-corrected chi connectivity index (χ0v) is 6.72. The van der Waals surface area contributed by atoms with Crippen molar-refractivity contribution in [2.75, 3.05) is 0 Å². The molecule has 0 spiro atoms. The van der Waals surface area contributed by atoms with Gasteiger partial charge in [0, 0.05) is 0 Å². The summed E-state index contributed by atoms with van der Waals surface area (Å²) < 4.78 is 5.22. The van der Waals surface area contributed by atoms with Crippen LogP contribution in [0.5, 0.6) is 0 Å². The highest BCUT2D eigenvalue weighted by molar-refractivity contribution is 5.11. The highest BCUT2D eigenvalue weighted by Crippen LogP contribution is 2.39. The van der Waals surface area contributed by atoms with Crippen LogP contribution < -0.4 is 0 Å². The van der Waals surface area contributed by atoms with E-state index in [9.17, 15) is 5.11 Å². The van der Waals surface area contributed by atoms with Crippen molar-refractivity contribution in [3.05, 3.63) is 12.2 Å². The molecule has 0 radical (unpaired) electrons. The molecule has 2 unspecified atom stereocenters. The van der Waals surface area contributed by atoms with E-state index in [1.54, 1.807) is 0 Å². The number of hydrogen-bond acceptors (Lipinski definition) is 2. The topological polar surface area (TPSA) is 32.8 Å². The average Bonchev–Trinajstić information content (AvgIpc) is 2.38.